The second kappa shape index (κ2) is 7.31. The van der Waals surface area contributed by atoms with Crippen LogP contribution in [-0.4, -0.2) is 19.6 Å². The first kappa shape index (κ1) is 14.1. The maximum atomic E-state index is 11.8. The molecule has 1 N–H and O–H groups in total. The van der Waals surface area contributed by atoms with Crippen LogP contribution in [0.3, 0.4) is 0 Å². The minimum atomic E-state index is -0.191. The zero-order valence-corrected chi connectivity index (χ0v) is 11.3. The first-order chi connectivity index (χ1) is 9.78. The molecule has 0 aliphatic heterocycles. The molecule has 0 atom stereocenters. The lowest BCUT2D eigenvalue weighted by atomic mass is 10.2. The molecule has 0 saturated heterocycles. The summed E-state index contributed by atoms with van der Waals surface area (Å²) >= 11 is 0. The number of anilines is 1. The Labute approximate surface area is 118 Å². The topological polar surface area (TPSA) is 47.6 Å². The Bertz CT molecular complexity index is 555. The molecule has 2 rings (SSSR count). The lowest BCUT2D eigenvalue weighted by molar-refractivity contribution is -0.118. The van der Waals surface area contributed by atoms with Crippen LogP contribution in [0.2, 0.25) is 0 Å². The molecule has 1 amide bonds. The van der Waals surface area contributed by atoms with E-state index in [1.54, 1.807) is 7.11 Å². The van der Waals surface area contributed by atoms with E-state index in [-0.39, 0.29) is 12.5 Å². The lowest BCUT2D eigenvalue weighted by Gasteiger charge is -2.08. The molecule has 0 aliphatic carbocycles. The van der Waals surface area contributed by atoms with Gasteiger partial charge in [0, 0.05) is 12.8 Å². The maximum Gasteiger partial charge on any atom is 0.262 e. The Kier molecular flexibility index (Phi) is 5.15. The minimum absolute atomic E-state index is 0.0154. The van der Waals surface area contributed by atoms with Crippen molar-refractivity contribution in [2.24, 2.45) is 0 Å². The van der Waals surface area contributed by atoms with Gasteiger partial charge in [-0.3, -0.25) is 4.79 Å². The van der Waals surface area contributed by atoms with Gasteiger partial charge in [-0.2, -0.15) is 0 Å². The van der Waals surface area contributed by atoms with E-state index in [1.165, 1.54) is 0 Å². The summed E-state index contributed by atoms with van der Waals surface area (Å²) in [6, 6.07) is 16.8. The largest absolute Gasteiger partial charge is 0.484 e. The number of hydrogen-bond acceptors (Lipinski definition) is 3. The van der Waals surface area contributed by atoms with E-state index >= 15 is 0 Å². The van der Waals surface area contributed by atoms with E-state index in [4.69, 9.17) is 9.47 Å². The number of amides is 1. The molecule has 0 radical (unpaired) electrons. The molecule has 4 nitrogen and oxygen atoms in total. The van der Waals surface area contributed by atoms with Gasteiger partial charge in [-0.1, -0.05) is 30.3 Å². The zero-order valence-electron chi connectivity index (χ0n) is 11.3. The van der Waals surface area contributed by atoms with E-state index in [0.717, 1.165) is 11.3 Å². The highest BCUT2D eigenvalue weighted by Crippen LogP contribution is 2.12. The molecule has 0 unspecified atom stereocenters. The minimum Gasteiger partial charge on any atom is -0.484 e. The summed E-state index contributed by atoms with van der Waals surface area (Å²) in [7, 11) is 1.64. The Morgan fingerprint density at radius 1 is 1.10 bits per heavy atom. The molecule has 2 aromatic rings. The van der Waals surface area contributed by atoms with Crippen LogP contribution < -0.4 is 10.1 Å². The van der Waals surface area contributed by atoms with Crippen LogP contribution in [0.15, 0.2) is 54.6 Å². The highest BCUT2D eigenvalue weighted by Gasteiger charge is 2.04. The third-order valence-electron chi connectivity index (χ3n) is 2.63. The summed E-state index contributed by atoms with van der Waals surface area (Å²) in [6.45, 7) is 0.503. The van der Waals surface area contributed by atoms with Crippen molar-refractivity contribution in [2.45, 2.75) is 6.61 Å². The molecule has 0 aromatic heterocycles. The maximum absolute atomic E-state index is 11.8. The molecule has 0 aliphatic rings. The molecule has 4 heteroatoms. The van der Waals surface area contributed by atoms with Gasteiger partial charge in [-0.25, -0.2) is 0 Å². The second-order valence-corrected chi connectivity index (χ2v) is 4.28. The number of methoxy groups -OCH3 is 1. The van der Waals surface area contributed by atoms with Crippen LogP contribution in [0.25, 0.3) is 0 Å². The number of carbonyl (C=O) groups excluding carboxylic acids is 1. The molecule has 0 spiro atoms. The quantitative estimate of drug-likeness (QED) is 0.878. The molecule has 0 saturated carbocycles. The number of rotatable bonds is 6. The summed E-state index contributed by atoms with van der Waals surface area (Å²) in [5.74, 6) is 0.485. The van der Waals surface area contributed by atoms with E-state index in [1.807, 2.05) is 54.6 Å². The van der Waals surface area contributed by atoms with E-state index in [9.17, 15) is 4.79 Å². The van der Waals surface area contributed by atoms with Gasteiger partial charge in [0.1, 0.15) is 5.75 Å². The monoisotopic (exact) mass is 271 g/mol. The predicted molar refractivity (Wildman–Crippen MR) is 77.7 cm³/mol. The fraction of sp³-hybridized carbons (Fsp3) is 0.188. The number of hydrogen-bond donors (Lipinski definition) is 1. The van der Waals surface area contributed by atoms with Crippen molar-refractivity contribution in [2.75, 3.05) is 19.0 Å². The molecular formula is C16H17NO3. The average Bonchev–Trinajstić information content (AvgIpc) is 2.47. The van der Waals surface area contributed by atoms with Crippen molar-refractivity contribution >= 4 is 11.6 Å². The van der Waals surface area contributed by atoms with Gasteiger partial charge < -0.3 is 14.8 Å². The van der Waals surface area contributed by atoms with Crippen LogP contribution in [-0.2, 0) is 16.1 Å². The highest BCUT2D eigenvalue weighted by molar-refractivity contribution is 5.91. The Morgan fingerprint density at radius 3 is 2.65 bits per heavy atom. The number of nitrogens with one attached hydrogen (secondary N) is 1. The average molecular weight is 271 g/mol. The fourth-order valence-electron chi connectivity index (χ4n) is 1.77. The van der Waals surface area contributed by atoms with Gasteiger partial charge in [-0.05, 0) is 29.8 Å². The Morgan fingerprint density at radius 2 is 1.90 bits per heavy atom. The highest BCUT2D eigenvalue weighted by atomic mass is 16.5. The summed E-state index contributed by atoms with van der Waals surface area (Å²) in [5, 5.41) is 2.79. The van der Waals surface area contributed by atoms with Crippen molar-refractivity contribution < 1.29 is 14.3 Å². The van der Waals surface area contributed by atoms with Gasteiger partial charge in [-0.15, -0.1) is 0 Å². The molecule has 0 heterocycles. The molecule has 0 bridgehead atoms. The zero-order chi connectivity index (χ0) is 14.2. The molecular weight excluding hydrogens is 254 g/mol. The van der Waals surface area contributed by atoms with Crippen LogP contribution in [0, 0.1) is 0 Å². The Balaban J connectivity index is 1.86. The number of benzene rings is 2. The first-order valence-electron chi connectivity index (χ1n) is 6.33. The van der Waals surface area contributed by atoms with Gasteiger partial charge >= 0.3 is 0 Å². The van der Waals surface area contributed by atoms with Crippen molar-refractivity contribution in [1.29, 1.82) is 0 Å². The number of carbonyl (C=O) groups is 1. The molecule has 104 valence electrons. The Hall–Kier alpha value is -2.33. The fourth-order valence-corrected chi connectivity index (χ4v) is 1.77. The second-order valence-electron chi connectivity index (χ2n) is 4.28. The summed E-state index contributed by atoms with van der Waals surface area (Å²) in [6.07, 6.45) is 0. The third kappa shape index (κ3) is 4.40. The van der Waals surface area contributed by atoms with Crippen molar-refractivity contribution in [1.82, 2.24) is 0 Å². The van der Waals surface area contributed by atoms with Crippen LogP contribution >= 0.6 is 0 Å². The van der Waals surface area contributed by atoms with Crippen LogP contribution in [0.1, 0.15) is 5.56 Å². The predicted octanol–water partition coefficient (Wildman–Crippen LogP) is 2.85. The first-order valence-corrected chi connectivity index (χ1v) is 6.33. The SMILES string of the molecule is COCc1cccc(NC(=O)COc2ccccc2)c1. The smallest absolute Gasteiger partial charge is 0.262 e. The number of ether oxygens (including phenoxy) is 2. The van der Waals surface area contributed by atoms with Crippen molar-refractivity contribution in [3.05, 3.63) is 60.2 Å². The normalized spacial score (nSPS) is 10.1. The van der Waals surface area contributed by atoms with Crippen molar-refractivity contribution in [3.63, 3.8) is 0 Å². The lowest BCUT2D eigenvalue weighted by Crippen LogP contribution is -2.20. The standard InChI is InChI=1S/C16H17NO3/c1-19-11-13-6-5-7-14(10-13)17-16(18)12-20-15-8-3-2-4-9-15/h2-10H,11-12H2,1H3,(H,17,18). The molecule has 20 heavy (non-hydrogen) atoms. The van der Waals surface area contributed by atoms with Gasteiger partial charge in [0.2, 0.25) is 0 Å². The van der Waals surface area contributed by atoms with Gasteiger partial charge in [0.05, 0.1) is 6.61 Å². The van der Waals surface area contributed by atoms with Crippen LogP contribution in [0.5, 0.6) is 5.75 Å². The summed E-state index contributed by atoms with van der Waals surface area (Å²) in [5.41, 5.74) is 1.75. The van der Waals surface area contributed by atoms with E-state index in [0.29, 0.717) is 12.4 Å². The third-order valence-corrected chi connectivity index (χ3v) is 2.63. The van der Waals surface area contributed by atoms with Gasteiger partial charge in [0.15, 0.2) is 6.61 Å². The molecule has 2 aromatic carbocycles. The van der Waals surface area contributed by atoms with Gasteiger partial charge in [0.25, 0.3) is 5.91 Å². The van der Waals surface area contributed by atoms with Crippen LogP contribution in [0.4, 0.5) is 5.69 Å². The molecule has 0 fully saturated rings. The summed E-state index contributed by atoms with van der Waals surface area (Å²) < 4.78 is 10.4. The van der Waals surface area contributed by atoms with E-state index in [2.05, 4.69) is 5.32 Å². The summed E-state index contributed by atoms with van der Waals surface area (Å²) in [4.78, 5) is 11.8. The van der Waals surface area contributed by atoms with E-state index < -0.39 is 0 Å². The number of para-hydroxylation sites is 1. The van der Waals surface area contributed by atoms with Crippen molar-refractivity contribution in [3.8, 4) is 5.75 Å².